The van der Waals surface area contributed by atoms with Gasteiger partial charge in [0.1, 0.15) is 5.82 Å². The summed E-state index contributed by atoms with van der Waals surface area (Å²) >= 11 is 0. The Bertz CT molecular complexity index is 427. The van der Waals surface area contributed by atoms with Crippen LogP contribution in [0.4, 0.5) is 4.39 Å². The second-order valence-electron chi connectivity index (χ2n) is 5.54. The quantitative estimate of drug-likeness (QED) is 0.798. The molecule has 0 saturated heterocycles. The molecule has 0 aliphatic heterocycles. The Morgan fingerprint density at radius 1 is 1.22 bits per heavy atom. The Morgan fingerprint density at radius 3 is 2.28 bits per heavy atom. The third-order valence-corrected chi connectivity index (χ3v) is 3.39. The third-order valence-electron chi connectivity index (χ3n) is 3.39. The van der Waals surface area contributed by atoms with Crippen LogP contribution in [0.1, 0.15) is 33.3 Å². The fourth-order valence-electron chi connectivity index (χ4n) is 1.36. The van der Waals surface area contributed by atoms with Crippen LogP contribution in [0.2, 0.25) is 0 Å². The number of hydrogen-bond donors (Lipinski definition) is 2. The van der Waals surface area contributed by atoms with Crippen LogP contribution < -0.4 is 5.46 Å². The van der Waals surface area contributed by atoms with Gasteiger partial charge < -0.3 is 14.8 Å². The van der Waals surface area contributed by atoms with Gasteiger partial charge in [0.15, 0.2) is 0 Å². The summed E-state index contributed by atoms with van der Waals surface area (Å²) in [6.45, 7) is 8.30. The highest BCUT2D eigenvalue weighted by molar-refractivity contribution is 6.60. The van der Waals surface area contributed by atoms with Crippen LogP contribution in [0.5, 0.6) is 0 Å². The van der Waals surface area contributed by atoms with Gasteiger partial charge in [-0.1, -0.05) is 11.6 Å². The first kappa shape index (κ1) is 15.2. The van der Waals surface area contributed by atoms with Crippen molar-refractivity contribution >= 4 is 12.6 Å². The summed E-state index contributed by atoms with van der Waals surface area (Å²) in [5, 5.41) is 20.0. The SMILES string of the molecule is Cc1ccc(F)cc1B(O)OC(C)(C)C(C)(C)O. The lowest BCUT2D eigenvalue weighted by Crippen LogP contribution is -2.53. The normalized spacial score (nSPS) is 12.7. The van der Waals surface area contributed by atoms with Crippen LogP contribution in [-0.4, -0.2) is 28.5 Å². The molecule has 0 bridgehead atoms. The largest absolute Gasteiger partial charge is 0.492 e. The van der Waals surface area contributed by atoms with E-state index in [-0.39, 0.29) is 0 Å². The van der Waals surface area contributed by atoms with Gasteiger partial charge in [0.05, 0.1) is 11.2 Å². The van der Waals surface area contributed by atoms with Crippen LogP contribution in [0.25, 0.3) is 0 Å². The highest BCUT2D eigenvalue weighted by atomic mass is 19.1. The maximum Gasteiger partial charge on any atom is 0.492 e. The molecule has 0 unspecified atom stereocenters. The highest BCUT2D eigenvalue weighted by Gasteiger charge is 2.39. The summed E-state index contributed by atoms with van der Waals surface area (Å²) in [5.74, 6) is -0.431. The molecule has 3 nitrogen and oxygen atoms in total. The van der Waals surface area contributed by atoms with Gasteiger partial charge in [0, 0.05) is 0 Å². The van der Waals surface area contributed by atoms with E-state index in [9.17, 15) is 14.5 Å². The molecule has 0 radical (unpaired) electrons. The molecule has 0 heterocycles. The lowest BCUT2D eigenvalue weighted by Gasteiger charge is -2.38. The van der Waals surface area contributed by atoms with Crippen molar-refractivity contribution in [1.82, 2.24) is 0 Å². The number of hydrogen-bond acceptors (Lipinski definition) is 3. The number of halogens is 1. The standard InChI is InChI=1S/C13H20BFO3/c1-9-6-7-10(15)8-11(9)14(17)18-13(4,5)12(2,3)16/h6-8,16-17H,1-5H3. The third kappa shape index (κ3) is 3.31. The molecule has 2 N–H and O–H groups in total. The van der Waals surface area contributed by atoms with Gasteiger partial charge in [-0.2, -0.15) is 0 Å². The minimum Gasteiger partial charge on any atom is -0.423 e. The molecule has 0 saturated carbocycles. The molecule has 5 heteroatoms. The molecule has 0 aliphatic carbocycles. The maximum atomic E-state index is 13.2. The number of aryl methyl sites for hydroxylation is 1. The molecule has 18 heavy (non-hydrogen) atoms. The lowest BCUT2D eigenvalue weighted by atomic mass is 9.74. The molecule has 0 aromatic heterocycles. The minimum absolute atomic E-state index is 0.368. The van der Waals surface area contributed by atoms with Gasteiger partial charge in [-0.05, 0) is 52.2 Å². The van der Waals surface area contributed by atoms with E-state index < -0.39 is 24.1 Å². The monoisotopic (exact) mass is 254 g/mol. The van der Waals surface area contributed by atoms with Crippen LogP contribution in [0.15, 0.2) is 18.2 Å². The number of benzene rings is 1. The zero-order valence-electron chi connectivity index (χ0n) is 11.5. The number of aliphatic hydroxyl groups is 1. The Morgan fingerprint density at radius 2 is 1.78 bits per heavy atom. The van der Waals surface area contributed by atoms with E-state index in [2.05, 4.69) is 0 Å². The van der Waals surface area contributed by atoms with Crippen LogP contribution in [0.3, 0.4) is 0 Å². The van der Waals surface area contributed by atoms with Crippen molar-refractivity contribution in [2.45, 2.75) is 45.8 Å². The van der Waals surface area contributed by atoms with Crippen molar-refractivity contribution in [2.75, 3.05) is 0 Å². The molecule has 0 atom stereocenters. The summed E-state index contributed by atoms with van der Waals surface area (Å²) in [7, 11) is -1.28. The Kier molecular flexibility index (Phi) is 4.21. The van der Waals surface area contributed by atoms with Crippen molar-refractivity contribution in [3.63, 3.8) is 0 Å². The van der Waals surface area contributed by atoms with E-state index in [0.29, 0.717) is 5.46 Å². The molecule has 0 amide bonds. The summed E-state index contributed by atoms with van der Waals surface area (Å²) < 4.78 is 18.6. The molecule has 0 aliphatic rings. The molecule has 1 aromatic rings. The van der Waals surface area contributed by atoms with Crippen LogP contribution >= 0.6 is 0 Å². The summed E-state index contributed by atoms with van der Waals surface area (Å²) in [5.41, 5.74) is -0.997. The topological polar surface area (TPSA) is 49.7 Å². The first-order valence-electron chi connectivity index (χ1n) is 5.89. The minimum atomic E-state index is -1.28. The van der Waals surface area contributed by atoms with E-state index in [1.165, 1.54) is 12.1 Å². The zero-order chi connectivity index (χ0) is 14.1. The average molecular weight is 254 g/mol. The van der Waals surface area contributed by atoms with Gasteiger partial charge in [-0.3, -0.25) is 0 Å². The fourth-order valence-corrected chi connectivity index (χ4v) is 1.36. The van der Waals surface area contributed by atoms with Crippen molar-refractivity contribution in [2.24, 2.45) is 0 Å². The van der Waals surface area contributed by atoms with Gasteiger partial charge in [0.2, 0.25) is 0 Å². The van der Waals surface area contributed by atoms with Crippen molar-refractivity contribution in [1.29, 1.82) is 0 Å². The second kappa shape index (κ2) is 5.00. The summed E-state index contributed by atoms with van der Waals surface area (Å²) in [6, 6.07) is 4.14. The van der Waals surface area contributed by atoms with E-state index in [1.54, 1.807) is 40.7 Å². The fraction of sp³-hybridized carbons (Fsp3) is 0.538. The summed E-state index contributed by atoms with van der Waals surface area (Å²) in [6.07, 6.45) is 0. The molecule has 0 spiro atoms. The molecular weight excluding hydrogens is 234 g/mol. The first-order valence-corrected chi connectivity index (χ1v) is 5.89. The average Bonchev–Trinajstić information content (AvgIpc) is 2.19. The molecule has 0 fully saturated rings. The van der Waals surface area contributed by atoms with Gasteiger partial charge in [0.25, 0.3) is 0 Å². The molecule has 100 valence electrons. The second-order valence-corrected chi connectivity index (χ2v) is 5.54. The van der Waals surface area contributed by atoms with Crippen LogP contribution in [0, 0.1) is 12.7 Å². The van der Waals surface area contributed by atoms with E-state index in [4.69, 9.17) is 4.65 Å². The first-order chi connectivity index (χ1) is 8.04. The smallest absolute Gasteiger partial charge is 0.423 e. The van der Waals surface area contributed by atoms with Gasteiger partial charge in [-0.15, -0.1) is 0 Å². The van der Waals surface area contributed by atoms with E-state index >= 15 is 0 Å². The van der Waals surface area contributed by atoms with Gasteiger partial charge >= 0.3 is 7.12 Å². The van der Waals surface area contributed by atoms with Gasteiger partial charge in [-0.25, -0.2) is 4.39 Å². The zero-order valence-corrected chi connectivity index (χ0v) is 11.5. The number of rotatable bonds is 4. The van der Waals surface area contributed by atoms with Crippen molar-refractivity contribution < 1.29 is 19.2 Å². The highest BCUT2D eigenvalue weighted by Crippen LogP contribution is 2.25. The lowest BCUT2D eigenvalue weighted by molar-refractivity contribution is -0.0982. The van der Waals surface area contributed by atoms with Crippen molar-refractivity contribution in [3.8, 4) is 0 Å². The molecule has 1 rings (SSSR count). The van der Waals surface area contributed by atoms with Crippen molar-refractivity contribution in [3.05, 3.63) is 29.6 Å². The Labute approximate surface area is 108 Å². The van der Waals surface area contributed by atoms with E-state index in [0.717, 1.165) is 5.56 Å². The predicted molar refractivity (Wildman–Crippen MR) is 70.2 cm³/mol. The van der Waals surface area contributed by atoms with Crippen LogP contribution in [-0.2, 0) is 4.65 Å². The maximum absolute atomic E-state index is 13.2. The summed E-state index contributed by atoms with van der Waals surface area (Å²) in [4.78, 5) is 0. The molecular formula is C13H20BFO3. The molecule has 1 aromatic carbocycles. The van der Waals surface area contributed by atoms with E-state index in [1.807, 2.05) is 0 Å². The predicted octanol–water partition coefficient (Wildman–Crippen LogP) is 1.39. The Balaban J connectivity index is 2.95. The Hall–Kier alpha value is -0.905.